The molecule has 0 bridgehead atoms. The topological polar surface area (TPSA) is 46.6 Å². The van der Waals surface area contributed by atoms with E-state index in [-0.39, 0.29) is 5.41 Å². The minimum atomic E-state index is -0.401. The third-order valence-electron chi connectivity index (χ3n) is 4.39. The number of aromatic nitrogens is 1. The van der Waals surface area contributed by atoms with Crippen LogP contribution in [0.1, 0.15) is 31.5 Å². The predicted octanol–water partition coefficient (Wildman–Crippen LogP) is 4.26. The molecular weight excluding hydrogens is 300 g/mol. The number of allylic oxidation sites excluding steroid dienone is 1. The fourth-order valence-electron chi connectivity index (χ4n) is 3.28. The Morgan fingerprint density at radius 1 is 1.08 bits per heavy atom. The van der Waals surface area contributed by atoms with Crippen molar-refractivity contribution in [3.63, 3.8) is 0 Å². The fourth-order valence-corrected chi connectivity index (χ4v) is 3.28. The van der Waals surface area contributed by atoms with Gasteiger partial charge in [0, 0.05) is 43.5 Å². The Balaban J connectivity index is 2.20. The number of benzene rings is 1. The fraction of sp³-hybridized carbons (Fsp3) is 0.350. The van der Waals surface area contributed by atoms with Gasteiger partial charge in [-0.15, -0.1) is 0 Å². The molecule has 0 radical (unpaired) electrons. The van der Waals surface area contributed by atoms with Gasteiger partial charge in [-0.2, -0.15) is 0 Å². The summed E-state index contributed by atoms with van der Waals surface area (Å²) in [6.45, 7) is 4.43. The first kappa shape index (κ1) is 16.7. The first-order chi connectivity index (χ1) is 11.6. The van der Waals surface area contributed by atoms with Crippen molar-refractivity contribution < 1.29 is 9.47 Å². The van der Waals surface area contributed by atoms with Crippen LogP contribution in [-0.4, -0.2) is 31.2 Å². The summed E-state index contributed by atoms with van der Waals surface area (Å²) in [7, 11) is 3.29. The van der Waals surface area contributed by atoms with Gasteiger partial charge in [-0.1, -0.05) is 44.2 Å². The highest BCUT2D eigenvalue weighted by atomic mass is 16.7. The Morgan fingerprint density at radius 2 is 1.79 bits per heavy atom. The van der Waals surface area contributed by atoms with Gasteiger partial charge in [0.2, 0.25) is 0 Å². The number of nitrogens with zero attached hydrogens (tertiary/aromatic N) is 1. The van der Waals surface area contributed by atoms with E-state index >= 15 is 0 Å². The third kappa shape index (κ3) is 3.07. The van der Waals surface area contributed by atoms with Gasteiger partial charge in [0.1, 0.15) is 0 Å². The lowest BCUT2D eigenvalue weighted by Crippen LogP contribution is -2.25. The average Bonchev–Trinajstić information content (AvgIpc) is 3.19. The van der Waals surface area contributed by atoms with Crippen LogP contribution < -0.4 is 0 Å². The van der Waals surface area contributed by atoms with Crippen molar-refractivity contribution in [2.24, 2.45) is 10.4 Å². The lowest BCUT2D eigenvalue weighted by molar-refractivity contribution is -0.0532. The number of hydrogen-bond donors (Lipinski definition) is 1. The zero-order valence-electron chi connectivity index (χ0n) is 14.7. The van der Waals surface area contributed by atoms with Gasteiger partial charge in [0.05, 0.1) is 11.4 Å². The van der Waals surface area contributed by atoms with E-state index in [1.54, 1.807) is 14.2 Å². The van der Waals surface area contributed by atoms with Gasteiger partial charge in [0.15, 0.2) is 6.29 Å². The molecule has 126 valence electrons. The van der Waals surface area contributed by atoms with Crippen molar-refractivity contribution in [3.8, 4) is 0 Å². The molecule has 1 aromatic heterocycles. The summed E-state index contributed by atoms with van der Waals surface area (Å²) in [5.41, 5.74) is 5.25. The van der Waals surface area contributed by atoms with Crippen molar-refractivity contribution in [3.05, 3.63) is 65.6 Å². The molecule has 0 aliphatic carbocycles. The van der Waals surface area contributed by atoms with E-state index in [9.17, 15) is 0 Å². The van der Waals surface area contributed by atoms with Gasteiger partial charge in [0.25, 0.3) is 0 Å². The van der Waals surface area contributed by atoms with E-state index in [1.807, 2.05) is 18.3 Å². The smallest absolute Gasteiger partial charge is 0.196 e. The van der Waals surface area contributed by atoms with Crippen LogP contribution in [0.2, 0.25) is 0 Å². The van der Waals surface area contributed by atoms with Crippen molar-refractivity contribution in [2.45, 2.75) is 26.6 Å². The molecule has 1 N–H and O–H groups in total. The highest BCUT2D eigenvalue weighted by Gasteiger charge is 2.37. The molecule has 2 aromatic rings. The molecule has 0 amide bonds. The van der Waals surface area contributed by atoms with Crippen LogP contribution >= 0.6 is 0 Å². The van der Waals surface area contributed by atoms with E-state index in [1.165, 1.54) is 0 Å². The lowest BCUT2D eigenvalue weighted by atomic mass is 9.82. The highest BCUT2D eigenvalue weighted by molar-refractivity contribution is 5.95. The molecule has 4 heteroatoms. The maximum Gasteiger partial charge on any atom is 0.196 e. The summed E-state index contributed by atoms with van der Waals surface area (Å²) in [6.07, 6.45) is 2.35. The van der Waals surface area contributed by atoms with Gasteiger partial charge < -0.3 is 14.5 Å². The van der Waals surface area contributed by atoms with E-state index in [0.29, 0.717) is 0 Å². The number of nitrogens with one attached hydrogen (secondary N) is 1. The summed E-state index contributed by atoms with van der Waals surface area (Å²) in [5.74, 6) is 0. The van der Waals surface area contributed by atoms with Crippen LogP contribution in [0.3, 0.4) is 0 Å². The Morgan fingerprint density at radius 3 is 2.38 bits per heavy atom. The minimum absolute atomic E-state index is 0.0963. The molecule has 1 aromatic carbocycles. The first-order valence-corrected chi connectivity index (χ1v) is 8.14. The first-order valence-electron chi connectivity index (χ1n) is 8.14. The molecule has 0 atom stereocenters. The van der Waals surface area contributed by atoms with Gasteiger partial charge in [-0.3, -0.25) is 4.99 Å². The quantitative estimate of drug-likeness (QED) is 0.835. The summed E-state index contributed by atoms with van der Waals surface area (Å²) < 4.78 is 10.8. The van der Waals surface area contributed by atoms with Gasteiger partial charge in [-0.25, -0.2) is 0 Å². The number of aromatic amines is 1. The van der Waals surface area contributed by atoms with Crippen molar-refractivity contribution in [1.29, 1.82) is 0 Å². The number of hydrogen-bond acceptors (Lipinski definition) is 3. The largest absolute Gasteiger partial charge is 0.361 e. The van der Waals surface area contributed by atoms with Crippen LogP contribution in [0.15, 0.2) is 59.4 Å². The SMILES string of the molecule is COC(OC)C1=N/C(=C(/c2ccccc2)c2ccc[nH]2)C(C)(C)C1. The van der Waals surface area contributed by atoms with Crippen molar-refractivity contribution >= 4 is 11.3 Å². The molecule has 0 fully saturated rings. The molecule has 0 saturated carbocycles. The van der Waals surface area contributed by atoms with Crippen LogP contribution in [0.4, 0.5) is 0 Å². The van der Waals surface area contributed by atoms with Crippen LogP contribution in [0.5, 0.6) is 0 Å². The van der Waals surface area contributed by atoms with Crippen molar-refractivity contribution in [2.75, 3.05) is 14.2 Å². The second-order valence-corrected chi connectivity index (χ2v) is 6.64. The summed E-state index contributed by atoms with van der Waals surface area (Å²) in [5, 5.41) is 0. The number of rotatable bonds is 5. The second kappa shape index (κ2) is 6.75. The van der Waals surface area contributed by atoms with Gasteiger partial charge in [-0.05, 0) is 17.7 Å². The molecule has 3 rings (SSSR count). The highest BCUT2D eigenvalue weighted by Crippen LogP contribution is 2.44. The van der Waals surface area contributed by atoms with Crippen LogP contribution in [0, 0.1) is 5.41 Å². The molecule has 0 saturated heterocycles. The standard InChI is InChI=1S/C20H24N2O2/c1-20(2)13-16(19(23-3)24-4)22-18(20)17(15-11-8-12-21-15)14-9-6-5-7-10-14/h5-12,19,21H,13H2,1-4H3/b18-17-. The number of aliphatic imine (C=N–C) groups is 1. The Labute approximate surface area is 143 Å². The Bertz CT molecular complexity index is 739. The van der Waals surface area contributed by atoms with E-state index in [2.05, 4.69) is 49.2 Å². The summed E-state index contributed by atoms with van der Waals surface area (Å²) in [6, 6.07) is 14.5. The minimum Gasteiger partial charge on any atom is -0.361 e. The molecule has 2 heterocycles. The molecule has 1 aliphatic heterocycles. The molecule has 1 aliphatic rings. The van der Waals surface area contributed by atoms with Crippen LogP contribution in [0.25, 0.3) is 5.57 Å². The number of H-pyrrole nitrogens is 1. The molecule has 0 spiro atoms. The maximum absolute atomic E-state index is 5.42. The molecule has 0 unspecified atom stereocenters. The molecule has 24 heavy (non-hydrogen) atoms. The number of ether oxygens (including phenoxy) is 2. The lowest BCUT2D eigenvalue weighted by Gasteiger charge is -2.22. The summed E-state index contributed by atoms with van der Waals surface area (Å²) >= 11 is 0. The van der Waals surface area contributed by atoms with E-state index in [0.717, 1.165) is 34.7 Å². The van der Waals surface area contributed by atoms with Gasteiger partial charge >= 0.3 is 0 Å². The zero-order chi connectivity index (χ0) is 17.2. The third-order valence-corrected chi connectivity index (χ3v) is 4.39. The second-order valence-electron chi connectivity index (χ2n) is 6.64. The van der Waals surface area contributed by atoms with E-state index in [4.69, 9.17) is 14.5 Å². The zero-order valence-corrected chi connectivity index (χ0v) is 14.7. The maximum atomic E-state index is 5.42. The molecular formula is C20H24N2O2. The van der Waals surface area contributed by atoms with Crippen molar-refractivity contribution in [1.82, 2.24) is 4.98 Å². The Hall–Kier alpha value is -2.17. The Kier molecular flexibility index (Phi) is 4.69. The number of methoxy groups -OCH3 is 2. The molecule has 4 nitrogen and oxygen atoms in total. The average molecular weight is 324 g/mol. The summed E-state index contributed by atoms with van der Waals surface area (Å²) in [4.78, 5) is 8.27. The predicted molar refractivity (Wildman–Crippen MR) is 96.9 cm³/mol. The van der Waals surface area contributed by atoms with E-state index < -0.39 is 6.29 Å². The monoisotopic (exact) mass is 324 g/mol. The van der Waals surface area contributed by atoms with Crippen LogP contribution in [-0.2, 0) is 9.47 Å². The normalized spacial score (nSPS) is 18.8.